The summed E-state index contributed by atoms with van der Waals surface area (Å²) in [6, 6.07) is 8.32. The van der Waals surface area contributed by atoms with Gasteiger partial charge in [0.2, 0.25) is 0 Å². The molecule has 1 heterocycles. The summed E-state index contributed by atoms with van der Waals surface area (Å²) in [5.41, 5.74) is 2.07. The average molecular weight is 416 g/mol. The lowest BCUT2D eigenvalue weighted by Crippen LogP contribution is -2.32. The van der Waals surface area contributed by atoms with Crippen molar-refractivity contribution in [2.75, 3.05) is 0 Å². The molecule has 4 rings (SSSR count). The maximum absolute atomic E-state index is 12.7. The van der Waals surface area contributed by atoms with Crippen molar-refractivity contribution >= 4 is 21.6 Å². The minimum absolute atomic E-state index is 0.154. The van der Waals surface area contributed by atoms with Crippen LogP contribution in [0.3, 0.4) is 0 Å². The standard InChI is InChI=1S/C21H25N3O4S/c1-14-19-17(23-24-29(26,27)16-10-3-2-4-11-16)12-7-13-18(19)28-20(14)21(25)22-15-8-5-6-9-15/h2-4,10-11,15,24H,5-9,12-13H2,1H3,(H,22,25)/b23-17+. The van der Waals surface area contributed by atoms with E-state index in [1.807, 2.05) is 6.92 Å². The number of furan rings is 1. The van der Waals surface area contributed by atoms with Crippen molar-refractivity contribution in [3.63, 3.8) is 0 Å². The van der Waals surface area contributed by atoms with E-state index in [2.05, 4.69) is 15.2 Å². The van der Waals surface area contributed by atoms with Crippen LogP contribution in [0.4, 0.5) is 0 Å². The van der Waals surface area contributed by atoms with Crippen LogP contribution in [-0.4, -0.2) is 26.1 Å². The zero-order valence-corrected chi connectivity index (χ0v) is 17.2. The van der Waals surface area contributed by atoms with E-state index in [-0.39, 0.29) is 16.8 Å². The van der Waals surface area contributed by atoms with Crippen LogP contribution in [0.1, 0.15) is 66.0 Å². The van der Waals surface area contributed by atoms with E-state index in [4.69, 9.17) is 4.42 Å². The van der Waals surface area contributed by atoms with Crippen molar-refractivity contribution in [1.29, 1.82) is 0 Å². The Balaban J connectivity index is 1.58. The molecule has 1 aromatic heterocycles. The van der Waals surface area contributed by atoms with E-state index >= 15 is 0 Å². The number of amides is 1. The average Bonchev–Trinajstić information content (AvgIpc) is 3.35. The van der Waals surface area contributed by atoms with E-state index in [0.29, 0.717) is 35.6 Å². The predicted octanol–water partition coefficient (Wildman–Crippen LogP) is 3.28. The van der Waals surface area contributed by atoms with Crippen molar-refractivity contribution in [3.8, 4) is 0 Å². The number of hydrazone groups is 1. The summed E-state index contributed by atoms with van der Waals surface area (Å²) in [5.74, 6) is 0.804. The number of carbonyl (C=O) groups excluding carboxylic acids is 1. The molecule has 8 heteroatoms. The summed E-state index contributed by atoms with van der Waals surface area (Å²) < 4.78 is 30.8. The van der Waals surface area contributed by atoms with Crippen LogP contribution in [0.5, 0.6) is 0 Å². The fourth-order valence-corrected chi connectivity index (χ4v) is 4.94. The van der Waals surface area contributed by atoms with Gasteiger partial charge in [-0.3, -0.25) is 4.79 Å². The van der Waals surface area contributed by atoms with Gasteiger partial charge < -0.3 is 9.73 Å². The number of hydrogen-bond acceptors (Lipinski definition) is 5. The highest BCUT2D eigenvalue weighted by Gasteiger charge is 2.29. The number of nitrogens with one attached hydrogen (secondary N) is 2. The monoisotopic (exact) mass is 415 g/mol. The van der Waals surface area contributed by atoms with Gasteiger partial charge in [-0.15, -0.1) is 0 Å². The molecule has 1 amide bonds. The number of fused-ring (bicyclic) bond motifs is 1. The van der Waals surface area contributed by atoms with Crippen molar-refractivity contribution < 1.29 is 17.6 Å². The second kappa shape index (κ2) is 8.02. The lowest BCUT2D eigenvalue weighted by Gasteiger charge is -2.14. The van der Waals surface area contributed by atoms with Gasteiger partial charge >= 0.3 is 0 Å². The third-order valence-corrected chi connectivity index (χ3v) is 6.80. The number of benzene rings is 1. The van der Waals surface area contributed by atoms with Gasteiger partial charge in [0.05, 0.1) is 10.6 Å². The summed E-state index contributed by atoms with van der Waals surface area (Å²) in [6.45, 7) is 1.83. The molecule has 1 aromatic carbocycles. The van der Waals surface area contributed by atoms with Crippen molar-refractivity contribution in [3.05, 3.63) is 53.0 Å². The quantitative estimate of drug-likeness (QED) is 0.732. The zero-order chi connectivity index (χ0) is 20.4. The molecule has 0 radical (unpaired) electrons. The summed E-state index contributed by atoms with van der Waals surface area (Å²) in [4.78, 5) is 15.2. The van der Waals surface area contributed by atoms with Gasteiger partial charge in [0, 0.05) is 23.6 Å². The minimum Gasteiger partial charge on any atom is -0.455 e. The molecule has 29 heavy (non-hydrogen) atoms. The second-order valence-electron chi connectivity index (χ2n) is 7.63. The van der Waals surface area contributed by atoms with E-state index in [1.54, 1.807) is 18.2 Å². The minimum atomic E-state index is -3.75. The first-order valence-corrected chi connectivity index (χ1v) is 11.5. The fourth-order valence-electron chi connectivity index (χ4n) is 4.09. The smallest absolute Gasteiger partial charge is 0.287 e. The summed E-state index contributed by atoms with van der Waals surface area (Å²) in [5, 5.41) is 7.25. The Hall–Kier alpha value is -2.61. The Morgan fingerprint density at radius 3 is 2.55 bits per heavy atom. The topological polar surface area (TPSA) is 101 Å². The molecule has 0 saturated heterocycles. The fraction of sp³-hybridized carbons (Fsp3) is 0.429. The molecule has 0 atom stereocenters. The first-order chi connectivity index (χ1) is 14.0. The summed E-state index contributed by atoms with van der Waals surface area (Å²) in [6.07, 6.45) is 6.38. The van der Waals surface area contributed by atoms with Crippen LogP contribution >= 0.6 is 0 Å². The van der Waals surface area contributed by atoms with Crippen molar-refractivity contribution in [1.82, 2.24) is 10.1 Å². The molecule has 0 aliphatic heterocycles. The maximum atomic E-state index is 12.7. The van der Waals surface area contributed by atoms with Crippen molar-refractivity contribution in [2.24, 2.45) is 5.10 Å². The molecule has 0 unspecified atom stereocenters. The molecule has 2 aliphatic carbocycles. The highest BCUT2D eigenvalue weighted by atomic mass is 32.2. The molecule has 0 bridgehead atoms. The number of sulfonamides is 1. The third-order valence-electron chi connectivity index (χ3n) is 5.58. The Bertz CT molecular complexity index is 1040. The van der Waals surface area contributed by atoms with Gasteiger partial charge in [-0.1, -0.05) is 31.0 Å². The predicted molar refractivity (Wildman–Crippen MR) is 109 cm³/mol. The SMILES string of the molecule is Cc1c(C(=O)NC2CCCC2)oc2c1/C(=N/NS(=O)(=O)c1ccccc1)CCC2. The van der Waals surface area contributed by atoms with Gasteiger partial charge in [0.15, 0.2) is 5.76 Å². The number of rotatable bonds is 5. The van der Waals surface area contributed by atoms with Crippen molar-refractivity contribution in [2.45, 2.75) is 62.8 Å². The van der Waals surface area contributed by atoms with Crippen LogP contribution < -0.4 is 10.1 Å². The van der Waals surface area contributed by atoms with Gasteiger partial charge in [-0.25, -0.2) is 0 Å². The molecule has 7 nitrogen and oxygen atoms in total. The normalized spacial score (nSPS) is 18.6. The zero-order valence-electron chi connectivity index (χ0n) is 16.4. The van der Waals surface area contributed by atoms with Crippen LogP contribution in [0, 0.1) is 6.92 Å². The molecule has 2 N–H and O–H groups in total. The Morgan fingerprint density at radius 1 is 1.10 bits per heavy atom. The summed E-state index contributed by atoms with van der Waals surface area (Å²) >= 11 is 0. The Morgan fingerprint density at radius 2 is 1.83 bits per heavy atom. The van der Waals surface area contributed by atoms with E-state index in [9.17, 15) is 13.2 Å². The molecule has 1 fully saturated rings. The second-order valence-corrected chi connectivity index (χ2v) is 9.29. The highest BCUT2D eigenvalue weighted by Crippen LogP contribution is 2.30. The van der Waals surface area contributed by atoms with Crippen LogP contribution in [0.25, 0.3) is 0 Å². The molecule has 1 saturated carbocycles. The van der Waals surface area contributed by atoms with Crippen LogP contribution in [-0.2, 0) is 16.4 Å². The number of carbonyl (C=O) groups is 1. The molecule has 2 aliphatic rings. The first kappa shape index (κ1) is 19.7. The lowest BCUT2D eigenvalue weighted by molar-refractivity contribution is 0.0907. The maximum Gasteiger partial charge on any atom is 0.287 e. The van der Waals surface area contributed by atoms with Gasteiger partial charge in [0.1, 0.15) is 5.76 Å². The lowest BCUT2D eigenvalue weighted by atomic mass is 9.93. The van der Waals surface area contributed by atoms with E-state index in [1.165, 1.54) is 12.1 Å². The number of aryl methyl sites for hydroxylation is 1. The van der Waals surface area contributed by atoms with Gasteiger partial charge in [0.25, 0.3) is 15.9 Å². The summed E-state index contributed by atoms with van der Waals surface area (Å²) in [7, 11) is -3.75. The van der Waals surface area contributed by atoms with E-state index < -0.39 is 10.0 Å². The van der Waals surface area contributed by atoms with Crippen LogP contribution in [0.2, 0.25) is 0 Å². The molecule has 0 spiro atoms. The molecule has 154 valence electrons. The third kappa shape index (κ3) is 4.07. The highest BCUT2D eigenvalue weighted by molar-refractivity contribution is 7.89. The van der Waals surface area contributed by atoms with Crippen LogP contribution in [0.15, 0.2) is 44.7 Å². The van der Waals surface area contributed by atoms with E-state index in [0.717, 1.165) is 37.7 Å². The Kier molecular flexibility index (Phi) is 5.45. The first-order valence-electron chi connectivity index (χ1n) is 10.0. The largest absolute Gasteiger partial charge is 0.455 e. The number of hydrogen-bond donors (Lipinski definition) is 2. The number of nitrogens with zero attached hydrogens (tertiary/aromatic N) is 1. The Labute approximate surface area is 170 Å². The molecule has 2 aromatic rings. The molecular formula is C21H25N3O4S. The molecular weight excluding hydrogens is 390 g/mol. The van der Waals surface area contributed by atoms with Gasteiger partial charge in [-0.05, 0) is 44.7 Å². The van der Waals surface area contributed by atoms with Gasteiger partial charge in [-0.2, -0.15) is 18.4 Å².